The highest BCUT2D eigenvalue weighted by Crippen LogP contribution is 2.10. The van der Waals surface area contributed by atoms with E-state index in [1.807, 2.05) is 0 Å². The molecule has 8 heteroatoms. The zero-order chi connectivity index (χ0) is 13.9. The monoisotopic (exact) mass is 305 g/mol. The SMILES string of the molecule is O=c1[nH]cc(S(=O)(=O)NCCN2CCCC2)cc1Cl. The van der Waals surface area contributed by atoms with Crippen molar-refractivity contribution in [2.45, 2.75) is 17.7 Å². The molecule has 106 valence electrons. The number of rotatable bonds is 5. The van der Waals surface area contributed by atoms with Gasteiger partial charge in [-0.3, -0.25) is 4.79 Å². The minimum absolute atomic E-state index is 0.0291. The summed E-state index contributed by atoms with van der Waals surface area (Å²) in [5.41, 5.74) is -0.502. The average molecular weight is 306 g/mol. The fourth-order valence-corrected chi connectivity index (χ4v) is 3.27. The Morgan fingerprint density at radius 3 is 2.68 bits per heavy atom. The Morgan fingerprint density at radius 2 is 2.05 bits per heavy atom. The van der Waals surface area contributed by atoms with Crippen LogP contribution in [-0.4, -0.2) is 44.5 Å². The molecular formula is C11H16ClN3O3S. The van der Waals surface area contributed by atoms with Crippen LogP contribution in [-0.2, 0) is 10.0 Å². The summed E-state index contributed by atoms with van der Waals surface area (Å²) in [6.45, 7) is 3.08. The highest BCUT2D eigenvalue weighted by Gasteiger charge is 2.17. The molecule has 0 aliphatic carbocycles. The molecule has 2 heterocycles. The molecule has 0 atom stereocenters. The van der Waals surface area contributed by atoms with Gasteiger partial charge in [-0.2, -0.15) is 0 Å². The fraction of sp³-hybridized carbons (Fsp3) is 0.545. The lowest BCUT2D eigenvalue weighted by Gasteiger charge is -2.14. The second kappa shape index (κ2) is 6.04. The molecule has 1 aliphatic heterocycles. The Bertz CT molecular complexity index is 593. The molecule has 0 unspecified atom stereocenters. The van der Waals surface area contributed by atoms with E-state index in [4.69, 9.17) is 11.6 Å². The van der Waals surface area contributed by atoms with Crippen molar-refractivity contribution in [3.8, 4) is 0 Å². The Balaban J connectivity index is 1.97. The van der Waals surface area contributed by atoms with Crippen LogP contribution in [0.15, 0.2) is 22.0 Å². The summed E-state index contributed by atoms with van der Waals surface area (Å²) in [4.78, 5) is 15.5. The van der Waals surface area contributed by atoms with Crippen LogP contribution < -0.4 is 10.3 Å². The van der Waals surface area contributed by atoms with Crippen molar-refractivity contribution >= 4 is 21.6 Å². The molecule has 1 aromatic heterocycles. The maximum Gasteiger partial charge on any atom is 0.266 e. The molecule has 1 fully saturated rings. The molecule has 2 N–H and O–H groups in total. The molecule has 6 nitrogen and oxygen atoms in total. The lowest BCUT2D eigenvalue weighted by molar-refractivity contribution is 0.344. The van der Waals surface area contributed by atoms with E-state index in [1.54, 1.807) is 0 Å². The second-order valence-electron chi connectivity index (χ2n) is 4.46. The summed E-state index contributed by atoms with van der Waals surface area (Å²) < 4.78 is 26.4. The number of halogens is 1. The quantitative estimate of drug-likeness (QED) is 0.825. The first-order valence-electron chi connectivity index (χ1n) is 6.09. The van der Waals surface area contributed by atoms with Crippen LogP contribution in [0, 0.1) is 0 Å². The molecule has 1 saturated heterocycles. The molecule has 1 aliphatic rings. The number of H-pyrrole nitrogens is 1. The minimum Gasteiger partial charge on any atom is -0.326 e. The van der Waals surface area contributed by atoms with Crippen LogP contribution in [0.25, 0.3) is 0 Å². The van der Waals surface area contributed by atoms with Gasteiger partial charge in [-0.05, 0) is 32.0 Å². The molecule has 0 bridgehead atoms. The summed E-state index contributed by atoms with van der Waals surface area (Å²) in [7, 11) is -3.62. The van der Waals surface area contributed by atoms with E-state index in [0.29, 0.717) is 13.1 Å². The van der Waals surface area contributed by atoms with Gasteiger partial charge < -0.3 is 9.88 Å². The molecule has 0 aromatic carbocycles. The van der Waals surface area contributed by atoms with Crippen molar-refractivity contribution in [3.63, 3.8) is 0 Å². The standard InChI is InChI=1S/C11H16ClN3O3S/c12-10-7-9(8-13-11(10)16)19(17,18)14-3-6-15-4-1-2-5-15/h7-8,14H,1-6H2,(H,13,16). The molecule has 1 aromatic rings. The number of likely N-dealkylation sites (tertiary alicyclic amines) is 1. The summed E-state index contributed by atoms with van der Waals surface area (Å²) in [5.74, 6) is 0. The van der Waals surface area contributed by atoms with Crippen LogP contribution in [0.5, 0.6) is 0 Å². The first-order chi connectivity index (χ1) is 8.99. The number of hydrogen-bond donors (Lipinski definition) is 2. The lowest BCUT2D eigenvalue weighted by atomic mass is 10.4. The summed E-state index contributed by atoms with van der Waals surface area (Å²) in [5, 5.41) is -0.137. The molecule has 0 amide bonds. The zero-order valence-electron chi connectivity index (χ0n) is 10.4. The molecule has 0 radical (unpaired) electrons. The van der Waals surface area contributed by atoms with Gasteiger partial charge >= 0.3 is 0 Å². The van der Waals surface area contributed by atoms with Crippen molar-refractivity contribution < 1.29 is 8.42 Å². The van der Waals surface area contributed by atoms with Crippen molar-refractivity contribution in [3.05, 3.63) is 27.6 Å². The predicted octanol–water partition coefficient (Wildman–Crippen LogP) is 0.402. The lowest BCUT2D eigenvalue weighted by Crippen LogP contribution is -2.33. The van der Waals surface area contributed by atoms with Crippen molar-refractivity contribution in [2.24, 2.45) is 0 Å². The van der Waals surface area contributed by atoms with E-state index in [-0.39, 0.29) is 9.92 Å². The Morgan fingerprint density at radius 1 is 1.37 bits per heavy atom. The number of sulfonamides is 1. The van der Waals surface area contributed by atoms with E-state index in [9.17, 15) is 13.2 Å². The third-order valence-electron chi connectivity index (χ3n) is 3.06. The number of aromatic amines is 1. The third-order valence-corrected chi connectivity index (χ3v) is 4.78. The van der Waals surface area contributed by atoms with Crippen LogP contribution in [0.1, 0.15) is 12.8 Å². The van der Waals surface area contributed by atoms with Gasteiger partial charge in [0.1, 0.15) is 5.02 Å². The molecule has 2 rings (SSSR count). The van der Waals surface area contributed by atoms with Crippen LogP contribution in [0.4, 0.5) is 0 Å². The van der Waals surface area contributed by atoms with Gasteiger partial charge in [0.05, 0.1) is 4.90 Å². The predicted molar refractivity (Wildman–Crippen MR) is 72.9 cm³/mol. The number of pyridine rings is 1. The van der Waals surface area contributed by atoms with Gasteiger partial charge in [0.15, 0.2) is 0 Å². The smallest absolute Gasteiger partial charge is 0.266 e. The minimum atomic E-state index is -3.62. The molecular weight excluding hydrogens is 290 g/mol. The van der Waals surface area contributed by atoms with Gasteiger partial charge in [0, 0.05) is 19.3 Å². The normalized spacial score (nSPS) is 16.9. The van der Waals surface area contributed by atoms with E-state index < -0.39 is 15.6 Å². The average Bonchev–Trinajstić information content (AvgIpc) is 2.85. The van der Waals surface area contributed by atoms with Gasteiger partial charge in [0.25, 0.3) is 5.56 Å². The zero-order valence-corrected chi connectivity index (χ0v) is 11.9. The molecule has 0 spiro atoms. The number of nitrogens with one attached hydrogen (secondary N) is 2. The van der Waals surface area contributed by atoms with Gasteiger partial charge in [-0.25, -0.2) is 13.1 Å². The highest BCUT2D eigenvalue weighted by molar-refractivity contribution is 7.89. The first kappa shape index (κ1) is 14.5. The van der Waals surface area contributed by atoms with Crippen molar-refractivity contribution in [1.29, 1.82) is 0 Å². The summed E-state index contributed by atoms with van der Waals surface area (Å²) in [6, 6.07) is 1.15. The van der Waals surface area contributed by atoms with Gasteiger partial charge in [0.2, 0.25) is 10.0 Å². The Hall–Kier alpha value is -0.890. The second-order valence-corrected chi connectivity index (χ2v) is 6.63. The van der Waals surface area contributed by atoms with Crippen LogP contribution >= 0.6 is 11.6 Å². The maximum atomic E-state index is 12.0. The molecule has 0 saturated carbocycles. The van der Waals surface area contributed by atoms with E-state index >= 15 is 0 Å². The topological polar surface area (TPSA) is 82.3 Å². The first-order valence-corrected chi connectivity index (χ1v) is 7.95. The number of aromatic nitrogens is 1. The number of nitrogens with zero attached hydrogens (tertiary/aromatic N) is 1. The van der Waals surface area contributed by atoms with Crippen LogP contribution in [0.2, 0.25) is 5.02 Å². The largest absolute Gasteiger partial charge is 0.326 e. The van der Waals surface area contributed by atoms with Gasteiger partial charge in [-0.15, -0.1) is 0 Å². The Kier molecular flexibility index (Phi) is 4.62. The summed E-state index contributed by atoms with van der Waals surface area (Å²) in [6.07, 6.45) is 3.48. The number of hydrogen-bond acceptors (Lipinski definition) is 4. The van der Waals surface area contributed by atoms with E-state index in [2.05, 4.69) is 14.6 Å². The van der Waals surface area contributed by atoms with Gasteiger partial charge in [-0.1, -0.05) is 11.6 Å². The van der Waals surface area contributed by atoms with Crippen LogP contribution in [0.3, 0.4) is 0 Å². The van der Waals surface area contributed by atoms with E-state index in [0.717, 1.165) is 25.4 Å². The third kappa shape index (κ3) is 3.79. The maximum absolute atomic E-state index is 12.0. The van der Waals surface area contributed by atoms with E-state index in [1.165, 1.54) is 12.8 Å². The van der Waals surface area contributed by atoms with Crippen molar-refractivity contribution in [2.75, 3.05) is 26.2 Å². The fourth-order valence-electron chi connectivity index (χ4n) is 2.02. The molecule has 19 heavy (non-hydrogen) atoms. The highest BCUT2D eigenvalue weighted by atomic mass is 35.5. The Labute approximate surface area is 116 Å². The van der Waals surface area contributed by atoms with Crippen molar-refractivity contribution in [1.82, 2.24) is 14.6 Å². The summed E-state index contributed by atoms with van der Waals surface area (Å²) >= 11 is 5.61.